The second-order valence-electron chi connectivity index (χ2n) is 6.39. The highest BCUT2D eigenvalue weighted by molar-refractivity contribution is 8.03. The molecule has 0 amide bonds. The van der Waals surface area contributed by atoms with E-state index in [0.717, 1.165) is 16.4 Å². The first-order valence-electron chi connectivity index (χ1n) is 8.76. The Kier molecular flexibility index (Phi) is 4.23. The van der Waals surface area contributed by atoms with Gasteiger partial charge in [0.1, 0.15) is 0 Å². The molecule has 0 spiro atoms. The van der Waals surface area contributed by atoms with Crippen LogP contribution in [0, 0.1) is 0 Å². The van der Waals surface area contributed by atoms with Crippen LogP contribution in [0.25, 0.3) is 11.0 Å². The summed E-state index contributed by atoms with van der Waals surface area (Å²) >= 11 is 3.84. The molecular weight excluding hydrogens is 356 g/mol. The molecule has 4 aromatic rings. The Bertz CT molecular complexity index is 1030. The minimum absolute atomic E-state index is 0.282. The summed E-state index contributed by atoms with van der Waals surface area (Å²) in [5.41, 5.74) is 3.66. The average molecular weight is 375 g/mol. The van der Waals surface area contributed by atoms with Gasteiger partial charge < -0.3 is 4.57 Å². The Morgan fingerprint density at radius 1 is 0.846 bits per heavy atom. The van der Waals surface area contributed by atoms with Crippen molar-refractivity contribution in [2.24, 2.45) is 0 Å². The number of aromatic nitrogens is 2. The van der Waals surface area contributed by atoms with Crippen molar-refractivity contribution < 1.29 is 0 Å². The molecule has 5 rings (SSSR count). The van der Waals surface area contributed by atoms with Gasteiger partial charge in [0.05, 0.1) is 17.1 Å². The number of hydrogen-bond acceptors (Lipinski definition) is 3. The number of benzene rings is 3. The quantitative estimate of drug-likeness (QED) is 0.445. The maximum atomic E-state index is 4.89. The molecule has 0 bridgehead atoms. The molecule has 4 heteroatoms. The maximum absolute atomic E-state index is 4.89. The van der Waals surface area contributed by atoms with Crippen LogP contribution in [0.3, 0.4) is 0 Å². The number of imidazole rings is 1. The third-order valence-corrected chi connectivity index (χ3v) is 7.30. The van der Waals surface area contributed by atoms with Crippen molar-refractivity contribution in [3.63, 3.8) is 0 Å². The van der Waals surface area contributed by atoms with E-state index in [4.69, 9.17) is 4.98 Å². The zero-order valence-electron chi connectivity index (χ0n) is 14.2. The van der Waals surface area contributed by atoms with E-state index in [1.165, 1.54) is 16.0 Å². The fourth-order valence-electron chi connectivity index (χ4n) is 3.59. The van der Waals surface area contributed by atoms with Gasteiger partial charge in [-0.15, -0.1) is 11.8 Å². The minimum atomic E-state index is 0.282. The molecule has 0 unspecified atom stereocenters. The second kappa shape index (κ2) is 6.86. The van der Waals surface area contributed by atoms with Crippen molar-refractivity contribution in [2.45, 2.75) is 21.3 Å². The van der Waals surface area contributed by atoms with E-state index in [1.54, 1.807) is 0 Å². The molecule has 3 aromatic carbocycles. The van der Waals surface area contributed by atoms with E-state index in [2.05, 4.69) is 89.5 Å². The van der Waals surface area contributed by atoms with Crippen LogP contribution >= 0.6 is 23.5 Å². The van der Waals surface area contributed by atoms with E-state index in [-0.39, 0.29) is 6.04 Å². The smallest absolute Gasteiger partial charge is 0.169 e. The lowest BCUT2D eigenvalue weighted by atomic mass is 10.0. The molecule has 1 aromatic heterocycles. The molecule has 2 atom stereocenters. The number of nitrogens with zero attached hydrogens (tertiary/aromatic N) is 2. The molecular formula is C22H18N2S2. The summed E-state index contributed by atoms with van der Waals surface area (Å²) in [6, 6.07) is 30.4. The van der Waals surface area contributed by atoms with Gasteiger partial charge in [0.15, 0.2) is 5.16 Å². The predicted octanol–water partition coefficient (Wildman–Crippen LogP) is 5.89. The molecule has 0 saturated heterocycles. The van der Waals surface area contributed by atoms with Crippen molar-refractivity contribution in [3.05, 3.63) is 90.5 Å². The largest absolute Gasteiger partial charge is 0.310 e. The van der Waals surface area contributed by atoms with Gasteiger partial charge in [0.25, 0.3) is 0 Å². The van der Waals surface area contributed by atoms with E-state index in [9.17, 15) is 0 Å². The van der Waals surface area contributed by atoms with Crippen LogP contribution in [0.5, 0.6) is 0 Å². The third kappa shape index (κ3) is 2.83. The Labute approximate surface area is 161 Å². The van der Waals surface area contributed by atoms with Gasteiger partial charge in [-0.2, -0.15) is 0 Å². The van der Waals surface area contributed by atoms with Gasteiger partial charge in [-0.25, -0.2) is 4.98 Å². The number of thioether (sulfide) groups is 2. The van der Waals surface area contributed by atoms with Crippen LogP contribution in [-0.4, -0.2) is 20.6 Å². The number of fused-ring (bicyclic) bond motifs is 3. The SMILES string of the molecule is c1ccc(S[C@@H]2CSc3nc4ccccc4n3[C@@H]2c2ccccc2)cc1. The molecule has 0 fully saturated rings. The molecule has 26 heavy (non-hydrogen) atoms. The highest BCUT2D eigenvalue weighted by Crippen LogP contribution is 2.45. The fourth-order valence-corrected chi connectivity index (χ4v) is 6.15. The first kappa shape index (κ1) is 16.0. The molecule has 0 saturated carbocycles. The van der Waals surface area contributed by atoms with E-state index in [0.29, 0.717) is 5.25 Å². The zero-order chi connectivity index (χ0) is 17.3. The highest BCUT2D eigenvalue weighted by atomic mass is 32.2. The molecule has 128 valence electrons. The van der Waals surface area contributed by atoms with Crippen molar-refractivity contribution in [2.75, 3.05) is 5.75 Å². The summed E-state index contributed by atoms with van der Waals surface area (Å²) in [5, 5.41) is 1.58. The molecule has 0 aliphatic carbocycles. The fraction of sp³-hybridized carbons (Fsp3) is 0.136. The lowest BCUT2D eigenvalue weighted by Gasteiger charge is -2.33. The monoisotopic (exact) mass is 374 g/mol. The number of hydrogen-bond donors (Lipinski definition) is 0. The van der Waals surface area contributed by atoms with Crippen LogP contribution < -0.4 is 0 Å². The standard InChI is InChI=1S/C22H18N2S2/c1-3-9-16(10-4-1)21-20(26-17-11-5-2-6-12-17)15-25-22-23-18-13-7-8-14-19(18)24(21)22/h1-14,20-21H,15H2/t20-,21-/m1/s1. The molecule has 1 aliphatic heterocycles. The summed E-state index contributed by atoms with van der Waals surface area (Å²) in [6.45, 7) is 0. The molecule has 2 nitrogen and oxygen atoms in total. The molecule has 0 radical (unpaired) electrons. The number of rotatable bonds is 3. The van der Waals surface area contributed by atoms with Gasteiger partial charge in [0, 0.05) is 15.9 Å². The van der Waals surface area contributed by atoms with E-state index < -0.39 is 0 Å². The van der Waals surface area contributed by atoms with Gasteiger partial charge in [0.2, 0.25) is 0 Å². The Hall–Kier alpha value is -2.17. The van der Waals surface area contributed by atoms with Gasteiger partial charge in [-0.05, 0) is 29.8 Å². The van der Waals surface area contributed by atoms with E-state index in [1.807, 2.05) is 23.5 Å². The Balaban J connectivity index is 1.65. The van der Waals surface area contributed by atoms with Crippen molar-refractivity contribution in [1.82, 2.24) is 9.55 Å². The van der Waals surface area contributed by atoms with Crippen LogP contribution in [0.4, 0.5) is 0 Å². The van der Waals surface area contributed by atoms with Crippen molar-refractivity contribution >= 4 is 34.6 Å². The zero-order valence-corrected chi connectivity index (χ0v) is 15.8. The van der Waals surface area contributed by atoms with Crippen LogP contribution in [0.15, 0.2) is 95.0 Å². The van der Waals surface area contributed by atoms with Gasteiger partial charge in [-0.1, -0.05) is 72.4 Å². The first-order valence-corrected chi connectivity index (χ1v) is 10.6. The normalized spacial score (nSPS) is 19.4. The van der Waals surface area contributed by atoms with Crippen LogP contribution in [0.2, 0.25) is 0 Å². The van der Waals surface area contributed by atoms with Gasteiger partial charge >= 0.3 is 0 Å². The summed E-state index contributed by atoms with van der Waals surface area (Å²) in [5.74, 6) is 1.06. The lowest BCUT2D eigenvalue weighted by molar-refractivity contribution is 0.539. The molecule has 0 N–H and O–H groups in total. The van der Waals surface area contributed by atoms with Crippen LogP contribution in [-0.2, 0) is 0 Å². The summed E-state index contributed by atoms with van der Waals surface area (Å²) in [7, 11) is 0. The summed E-state index contributed by atoms with van der Waals surface area (Å²) in [4.78, 5) is 6.21. The molecule has 2 heterocycles. The second-order valence-corrected chi connectivity index (χ2v) is 8.69. The summed E-state index contributed by atoms with van der Waals surface area (Å²) in [6.07, 6.45) is 0. The summed E-state index contributed by atoms with van der Waals surface area (Å²) < 4.78 is 2.44. The van der Waals surface area contributed by atoms with Gasteiger partial charge in [-0.3, -0.25) is 0 Å². The average Bonchev–Trinajstić information content (AvgIpc) is 3.08. The van der Waals surface area contributed by atoms with E-state index >= 15 is 0 Å². The molecule has 1 aliphatic rings. The topological polar surface area (TPSA) is 17.8 Å². The van der Waals surface area contributed by atoms with Crippen molar-refractivity contribution in [1.29, 1.82) is 0 Å². The highest BCUT2D eigenvalue weighted by Gasteiger charge is 2.34. The third-order valence-electron chi connectivity index (χ3n) is 4.74. The Morgan fingerprint density at radius 3 is 2.35 bits per heavy atom. The first-order chi connectivity index (χ1) is 12.9. The maximum Gasteiger partial charge on any atom is 0.169 e. The predicted molar refractivity (Wildman–Crippen MR) is 111 cm³/mol. The number of para-hydroxylation sites is 2. The Morgan fingerprint density at radius 2 is 1.54 bits per heavy atom. The lowest BCUT2D eigenvalue weighted by Crippen LogP contribution is -2.29. The minimum Gasteiger partial charge on any atom is -0.310 e. The van der Waals surface area contributed by atoms with Crippen molar-refractivity contribution in [3.8, 4) is 0 Å². The van der Waals surface area contributed by atoms with Crippen LogP contribution in [0.1, 0.15) is 11.6 Å².